The van der Waals surface area contributed by atoms with Gasteiger partial charge in [0.25, 0.3) is 0 Å². The molecule has 0 saturated carbocycles. The van der Waals surface area contributed by atoms with E-state index in [2.05, 4.69) is 0 Å². The summed E-state index contributed by atoms with van der Waals surface area (Å²) in [6, 6.07) is 0. The monoisotopic (exact) mass is 452 g/mol. The molecule has 1 aliphatic heterocycles. The third-order valence-corrected chi connectivity index (χ3v) is 25.7. The van der Waals surface area contributed by atoms with Gasteiger partial charge in [0.2, 0.25) is 0 Å². The summed E-state index contributed by atoms with van der Waals surface area (Å²) in [5.74, 6) is 0. The Balaban J connectivity index is 2.00. The summed E-state index contributed by atoms with van der Waals surface area (Å²) in [7, 11) is 0. The van der Waals surface area contributed by atoms with Crippen molar-refractivity contribution in [3.8, 4) is 0 Å². The first-order valence-electron chi connectivity index (χ1n) is 1.15. The fourth-order valence-electron chi connectivity index (χ4n) is 0.0833. The van der Waals surface area contributed by atoms with Crippen LogP contribution in [0, 0.1) is 0 Å². The van der Waals surface area contributed by atoms with Crippen molar-refractivity contribution in [2.45, 2.75) is 0 Å². The molecular weight excluding hydrogens is 446 g/mol. The van der Waals surface area contributed by atoms with Gasteiger partial charge in [0.15, 0.2) is 0 Å². The Labute approximate surface area is 50.9 Å². The molecule has 1 saturated heterocycles. The van der Waals surface area contributed by atoms with E-state index in [1.807, 2.05) is 0 Å². The molecule has 1 fully saturated rings. The van der Waals surface area contributed by atoms with Crippen LogP contribution in [0.2, 0.25) is 0 Å². The van der Waals surface area contributed by atoms with Crippen molar-refractivity contribution in [1.82, 2.24) is 0 Å². The van der Waals surface area contributed by atoms with E-state index < -0.39 is 50.3 Å². The van der Waals surface area contributed by atoms with Crippen molar-refractivity contribution in [2.75, 3.05) is 0 Å². The molecule has 0 aromatic rings. The summed E-state index contributed by atoms with van der Waals surface area (Å²) < 4.78 is 9.89. The molecule has 2 nitrogen and oxygen atoms in total. The van der Waals surface area contributed by atoms with Gasteiger partial charge in [-0.15, -0.1) is 0 Å². The fraction of sp³-hybridized carbons (Fsp3) is 0. The molecular formula is H4O2Pb2. The van der Waals surface area contributed by atoms with Crippen LogP contribution in [0.1, 0.15) is 0 Å². The van der Waals surface area contributed by atoms with Crippen molar-refractivity contribution in [2.24, 2.45) is 0 Å². The van der Waals surface area contributed by atoms with E-state index in [1.54, 1.807) is 0 Å². The summed E-state index contributed by atoms with van der Waals surface area (Å²) in [5, 5.41) is 0. The predicted octanol–water partition coefficient (Wildman–Crippen LogP) is -1.97. The second-order valence-corrected chi connectivity index (χ2v) is 33.5. The molecule has 0 amide bonds. The SMILES string of the molecule is [O]1[PbH2][O][PbH2]1. The maximum absolute atomic E-state index is 4.94. The van der Waals surface area contributed by atoms with Crippen LogP contribution in [0.25, 0.3) is 0 Å². The summed E-state index contributed by atoms with van der Waals surface area (Å²) in [6.07, 6.45) is 0. The molecule has 0 aliphatic carbocycles. The molecule has 0 atom stereocenters. The van der Waals surface area contributed by atoms with Gasteiger partial charge in [-0.25, -0.2) is 0 Å². The van der Waals surface area contributed by atoms with Gasteiger partial charge in [-0.2, -0.15) is 0 Å². The van der Waals surface area contributed by atoms with Crippen LogP contribution in [0.5, 0.6) is 0 Å². The molecule has 0 spiro atoms. The van der Waals surface area contributed by atoms with Crippen LogP contribution in [-0.4, -0.2) is 50.3 Å². The first-order valence-corrected chi connectivity index (χ1v) is 10.1. The minimum absolute atomic E-state index is 0.833. The zero-order chi connectivity index (χ0) is 2.83. The Morgan fingerprint density at radius 2 is 1.25 bits per heavy atom. The molecule has 1 heterocycles. The van der Waals surface area contributed by atoms with E-state index >= 15 is 0 Å². The normalized spacial score (nSPS) is 36.0. The van der Waals surface area contributed by atoms with Gasteiger partial charge in [-0.05, 0) is 0 Å². The van der Waals surface area contributed by atoms with Crippen LogP contribution >= 0.6 is 0 Å². The zero-order valence-electron chi connectivity index (χ0n) is 2.23. The second kappa shape index (κ2) is 2.03. The summed E-state index contributed by atoms with van der Waals surface area (Å²) in [5.41, 5.74) is 0. The average Bonchev–Trinajstić information content (AvgIpc) is 0.722. The van der Waals surface area contributed by atoms with Crippen LogP contribution in [0.4, 0.5) is 0 Å². The van der Waals surface area contributed by atoms with E-state index in [0.717, 1.165) is 0 Å². The van der Waals surface area contributed by atoms with Crippen molar-refractivity contribution >= 4 is 50.3 Å². The van der Waals surface area contributed by atoms with Crippen LogP contribution in [0.15, 0.2) is 0 Å². The van der Waals surface area contributed by atoms with Crippen LogP contribution < -0.4 is 0 Å². The van der Waals surface area contributed by atoms with Crippen molar-refractivity contribution in [1.29, 1.82) is 0 Å². The molecule has 0 bridgehead atoms. The quantitative estimate of drug-likeness (QED) is 0.399. The van der Waals surface area contributed by atoms with Gasteiger partial charge in [-0.3, -0.25) is 0 Å². The van der Waals surface area contributed by atoms with Gasteiger partial charge in [0.05, 0.1) is 0 Å². The van der Waals surface area contributed by atoms with Gasteiger partial charge >= 0.3 is 51.6 Å². The molecule has 0 aromatic heterocycles. The van der Waals surface area contributed by atoms with E-state index in [0.29, 0.717) is 0 Å². The number of rotatable bonds is 0. The second-order valence-electron chi connectivity index (χ2n) is 0.644. The van der Waals surface area contributed by atoms with Gasteiger partial charge in [0.1, 0.15) is 0 Å². The topological polar surface area (TPSA) is 18.5 Å². The van der Waals surface area contributed by atoms with Crippen molar-refractivity contribution < 1.29 is 1.27 Å². The van der Waals surface area contributed by atoms with Crippen LogP contribution in [0.3, 0.4) is 0 Å². The standard InChI is InChI=1S/2O.2Pb.4H. The first-order chi connectivity index (χ1) is 2.00. The summed E-state index contributed by atoms with van der Waals surface area (Å²) in [6.45, 7) is 0. The molecule has 0 radical (unpaired) electrons. The Bertz CT molecular complexity index is 12.0. The van der Waals surface area contributed by atoms with Crippen LogP contribution in [-0.2, 0) is 1.27 Å². The number of hydrogen-bond acceptors (Lipinski definition) is 2. The molecule has 4 heavy (non-hydrogen) atoms. The van der Waals surface area contributed by atoms with Gasteiger partial charge in [0, 0.05) is 0 Å². The molecule has 1 rings (SSSR count). The summed E-state index contributed by atoms with van der Waals surface area (Å²) in [4.78, 5) is 0. The Morgan fingerprint density at radius 3 is 1.25 bits per heavy atom. The molecule has 4 heteroatoms. The van der Waals surface area contributed by atoms with Gasteiger partial charge in [-0.1, -0.05) is 0 Å². The Kier molecular flexibility index (Phi) is 2.00. The predicted molar refractivity (Wildman–Crippen MR) is 19.3 cm³/mol. The Hall–Kier alpha value is 1.76. The molecule has 0 N–H and O–H groups in total. The average molecular weight is 450 g/mol. The molecule has 1 aliphatic rings. The van der Waals surface area contributed by atoms with E-state index in [1.165, 1.54) is 0 Å². The fourth-order valence-corrected chi connectivity index (χ4v) is 6.42. The number of hydrogen-bond donors (Lipinski definition) is 0. The molecule has 0 unspecified atom stereocenters. The maximum atomic E-state index is 4.94. The van der Waals surface area contributed by atoms with E-state index in [4.69, 9.17) is 1.27 Å². The Morgan fingerprint density at radius 1 is 1.00 bits per heavy atom. The van der Waals surface area contributed by atoms with Crippen molar-refractivity contribution in [3.63, 3.8) is 0 Å². The zero-order valence-corrected chi connectivity index (χ0v) is 13.2. The minimum atomic E-state index is -0.833. The molecule has 0 aromatic carbocycles. The molecule has 24 valence electrons. The summed E-state index contributed by atoms with van der Waals surface area (Å²) >= 11 is -1.67. The van der Waals surface area contributed by atoms with Crippen molar-refractivity contribution in [3.05, 3.63) is 0 Å². The van der Waals surface area contributed by atoms with Gasteiger partial charge < -0.3 is 0 Å². The van der Waals surface area contributed by atoms with E-state index in [9.17, 15) is 0 Å². The third kappa shape index (κ3) is 0.866. The third-order valence-electron chi connectivity index (χ3n) is 0.333. The van der Waals surface area contributed by atoms with E-state index in [-0.39, 0.29) is 0 Å². The first kappa shape index (κ1) is 3.94.